The quantitative estimate of drug-likeness (QED) is 0.803. The lowest BCUT2D eigenvalue weighted by molar-refractivity contribution is -0.136. The van der Waals surface area contributed by atoms with Gasteiger partial charge in [-0.25, -0.2) is 4.98 Å². The van der Waals surface area contributed by atoms with Gasteiger partial charge >= 0.3 is 5.97 Å². The number of hydrogen-bond donors (Lipinski definition) is 2. The van der Waals surface area contributed by atoms with E-state index in [0.29, 0.717) is 4.60 Å². The molecule has 0 aromatic carbocycles. The molecule has 0 unspecified atom stereocenters. The van der Waals surface area contributed by atoms with Crippen LogP contribution in [0, 0.1) is 0 Å². The van der Waals surface area contributed by atoms with Gasteiger partial charge < -0.3 is 10.4 Å². The number of aromatic nitrogens is 1. The highest BCUT2D eigenvalue weighted by Gasteiger charge is 2.07. The lowest BCUT2D eigenvalue weighted by Crippen LogP contribution is -2.26. The summed E-state index contributed by atoms with van der Waals surface area (Å²) in [5.41, 5.74) is 0.259. The highest BCUT2D eigenvalue weighted by atomic mass is 79.9. The van der Waals surface area contributed by atoms with E-state index in [2.05, 4.69) is 26.2 Å². The third-order valence-corrected chi connectivity index (χ3v) is 2.01. The smallest absolute Gasteiger partial charge is 0.305 e. The molecule has 0 atom stereocenters. The minimum atomic E-state index is -0.947. The maximum atomic E-state index is 11.4. The molecule has 2 N–H and O–H groups in total. The van der Waals surface area contributed by atoms with Gasteiger partial charge in [-0.2, -0.15) is 0 Å². The van der Waals surface area contributed by atoms with Gasteiger partial charge in [-0.1, -0.05) is 6.07 Å². The standard InChI is InChI=1S/C9H9BrN2O3/c10-7-3-1-2-6(12-7)9(15)11-5-4-8(13)14/h1-3H,4-5H2,(H,11,15)(H,13,14). The molecule has 0 saturated heterocycles. The monoisotopic (exact) mass is 272 g/mol. The van der Waals surface area contributed by atoms with Crippen LogP contribution < -0.4 is 5.32 Å². The molecule has 0 aliphatic rings. The number of carboxylic acid groups (broad SMARTS) is 1. The van der Waals surface area contributed by atoms with Crippen LogP contribution in [0.2, 0.25) is 0 Å². The van der Waals surface area contributed by atoms with Crippen molar-refractivity contribution in [1.82, 2.24) is 10.3 Å². The lowest BCUT2D eigenvalue weighted by atomic mass is 10.3. The molecular weight excluding hydrogens is 264 g/mol. The van der Waals surface area contributed by atoms with Crippen molar-refractivity contribution >= 4 is 27.8 Å². The summed E-state index contributed by atoms with van der Waals surface area (Å²) >= 11 is 3.14. The average Bonchev–Trinajstić information content (AvgIpc) is 2.17. The van der Waals surface area contributed by atoms with Gasteiger partial charge in [0.05, 0.1) is 6.42 Å². The number of halogens is 1. The summed E-state index contributed by atoms with van der Waals surface area (Å²) in [6.07, 6.45) is -0.0975. The fourth-order valence-corrected chi connectivity index (χ4v) is 1.25. The van der Waals surface area contributed by atoms with Gasteiger partial charge in [0.1, 0.15) is 10.3 Å². The first-order valence-corrected chi connectivity index (χ1v) is 5.01. The molecule has 0 aliphatic carbocycles. The van der Waals surface area contributed by atoms with Crippen molar-refractivity contribution in [3.8, 4) is 0 Å². The molecule has 1 amide bonds. The number of carboxylic acids is 1. The van der Waals surface area contributed by atoms with E-state index in [1.54, 1.807) is 18.2 Å². The van der Waals surface area contributed by atoms with Crippen LogP contribution in [0.15, 0.2) is 22.8 Å². The van der Waals surface area contributed by atoms with Gasteiger partial charge in [-0.15, -0.1) is 0 Å². The molecule has 1 aromatic heterocycles. The Labute approximate surface area is 94.6 Å². The summed E-state index contributed by atoms with van der Waals surface area (Å²) in [5.74, 6) is -1.32. The topological polar surface area (TPSA) is 79.3 Å². The third kappa shape index (κ3) is 4.07. The lowest BCUT2D eigenvalue weighted by Gasteiger charge is -2.02. The summed E-state index contributed by atoms with van der Waals surface area (Å²) < 4.78 is 0.563. The van der Waals surface area contributed by atoms with Gasteiger partial charge in [0, 0.05) is 6.54 Å². The highest BCUT2D eigenvalue weighted by Crippen LogP contribution is 2.05. The second-order valence-electron chi connectivity index (χ2n) is 2.75. The van der Waals surface area contributed by atoms with Crippen LogP contribution in [-0.4, -0.2) is 28.5 Å². The summed E-state index contributed by atoms with van der Waals surface area (Å²) in [4.78, 5) is 25.5. The van der Waals surface area contributed by atoms with Crippen molar-refractivity contribution in [2.45, 2.75) is 6.42 Å². The maximum Gasteiger partial charge on any atom is 0.305 e. The second-order valence-corrected chi connectivity index (χ2v) is 3.56. The van der Waals surface area contributed by atoms with Crippen LogP contribution in [0.5, 0.6) is 0 Å². The van der Waals surface area contributed by atoms with Gasteiger partial charge in [0.25, 0.3) is 5.91 Å². The summed E-state index contributed by atoms with van der Waals surface area (Å²) in [7, 11) is 0. The van der Waals surface area contributed by atoms with Crippen molar-refractivity contribution in [2.24, 2.45) is 0 Å². The van der Waals surface area contributed by atoms with E-state index in [4.69, 9.17) is 5.11 Å². The predicted octanol–water partition coefficient (Wildman–Crippen LogP) is 1.05. The maximum absolute atomic E-state index is 11.4. The number of amides is 1. The van der Waals surface area contributed by atoms with E-state index in [0.717, 1.165) is 0 Å². The van der Waals surface area contributed by atoms with Gasteiger partial charge in [-0.05, 0) is 28.1 Å². The second kappa shape index (κ2) is 5.45. The first-order valence-electron chi connectivity index (χ1n) is 4.22. The number of carbonyl (C=O) groups excluding carboxylic acids is 1. The first kappa shape index (κ1) is 11.6. The summed E-state index contributed by atoms with van der Waals surface area (Å²) in [6, 6.07) is 4.94. The van der Waals surface area contributed by atoms with E-state index in [-0.39, 0.29) is 24.6 Å². The predicted molar refractivity (Wildman–Crippen MR) is 56.5 cm³/mol. The van der Waals surface area contributed by atoms with Crippen LogP contribution in [-0.2, 0) is 4.79 Å². The number of aliphatic carboxylic acids is 1. The van der Waals surface area contributed by atoms with E-state index in [9.17, 15) is 9.59 Å². The number of rotatable bonds is 4. The molecule has 0 fully saturated rings. The molecule has 0 aliphatic heterocycles. The van der Waals surface area contributed by atoms with E-state index in [1.165, 1.54) is 0 Å². The molecule has 80 valence electrons. The van der Waals surface area contributed by atoms with Crippen LogP contribution in [0.4, 0.5) is 0 Å². The summed E-state index contributed by atoms with van der Waals surface area (Å²) in [5, 5.41) is 10.8. The van der Waals surface area contributed by atoms with Crippen molar-refractivity contribution in [3.63, 3.8) is 0 Å². The molecule has 0 radical (unpaired) electrons. The minimum Gasteiger partial charge on any atom is -0.481 e. The van der Waals surface area contributed by atoms with Crippen molar-refractivity contribution in [3.05, 3.63) is 28.5 Å². The van der Waals surface area contributed by atoms with E-state index in [1.807, 2.05) is 0 Å². The number of pyridine rings is 1. The van der Waals surface area contributed by atoms with Crippen molar-refractivity contribution in [1.29, 1.82) is 0 Å². The van der Waals surface area contributed by atoms with Crippen LogP contribution in [0.25, 0.3) is 0 Å². The third-order valence-electron chi connectivity index (χ3n) is 1.57. The largest absolute Gasteiger partial charge is 0.481 e. The molecule has 6 heteroatoms. The van der Waals surface area contributed by atoms with E-state index >= 15 is 0 Å². The molecule has 15 heavy (non-hydrogen) atoms. The molecular formula is C9H9BrN2O3. The zero-order valence-corrected chi connectivity index (χ0v) is 9.32. The summed E-state index contributed by atoms with van der Waals surface area (Å²) in [6.45, 7) is 0.0996. The van der Waals surface area contributed by atoms with Crippen LogP contribution >= 0.6 is 15.9 Å². The Kier molecular flexibility index (Phi) is 4.23. The Hall–Kier alpha value is -1.43. The highest BCUT2D eigenvalue weighted by molar-refractivity contribution is 9.10. The molecule has 0 spiro atoms. The Balaban J connectivity index is 2.50. The SMILES string of the molecule is O=C(O)CCNC(=O)c1cccc(Br)n1. The fraction of sp³-hybridized carbons (Fsp3) is 0.222. The number of hydrogen-bond acceptors (Lipinski definition) is 3. The molecule has 1 heterocycles. The Bertz CT molecular complexity index is 381. The normalized spacial score (nSPS) is 9.67. The van der Waals surface area contributed by atoms with Crippen molar-refractivity contribution in [2.75, 3.05) is 6.54 Å². The van der Waals surface area contributed by atoms with E-state index < -0.39 is 5.97 Å². The molecule has 1 rings (SSSR count). The number of carbonyl (C=O) groups is 2. The Morgan fingerprint density at radius 1 is 1.47 bits per heavy atom. The average molecular weight is 273 g/mol. The van der Waals surface area contributed by atoms with Gasteiger partial charge in [0.2, 0.25) is 0 Å². The van der Waals surface area contributed by atoms with Crippen LogP contribution in [0.3, 0.4) is 0 Å². The Morgan fingerprint density at radius 2 is 2.20 bits per heavy atom. The fourth-order valence-electron chi connectivity index (χ4n) is 0.908. The zero-order valence-electron chi connectivity index (χ0n) is 7.74. The molecule has 0 saturated carbocycles. The Morgan fingerprint density at radius 3 is 2.80 bits per heavy atom. The zero-order chi connectivity index (χ0) is 11.3. The van der Waals surface area contributed by atoms with Crippen LogP contribution in [0.1, 0.15) is 16.9 Å². The number of nitrogens with one attached hydrogen (secondary N) is 1. The van der Waals surface area contributed by atoms with Gasteiger partial charge in [0.15, 0.2) is 0 Å². The molecule has 0 bridgehead atoms. The number of nitrogens with zero attached hydrogens (tertiary/aromatic N) is 1. The van der Waals surface area contributed by atoms with Crippen molar-refractivity contribution < 1.29 is 14.7 Å². The van der Waals surface area contributed by atoms with Gasteiger partial charge in [-0.3, -0.25) is 9.59 Å². The minimum absolute atomic E-state index is 0.0975. The first-order chi connectivity index (χ1) is 7.09. The molecule has 5 nitrogen and oxygen atoms in total. The molecule has 1 aromatic rings.